The van der Waals surface area contributed by atoms with Crippen molar-refractivity contribution in [3.63, 3.8) is 0 Å². The van der Waals surface area contributed by atoms with Gasteiger partial charge in [0.05, 0.1) is 31.1 Å². The fourth-order valence-corrected chi connectivity index (χ4v) is 2.42. The van der Waals surface area contributed by atoms with Crippen molar-refractivity contribution in [2.45, 2.75) is 25.0 Å². The minimum atomic E-state index is 0.120. The number of likely N-dealkylation sites (N-methyl/N-ethyl adjacent to an activating group) is 1. The third-order valence-electron chi connectivity index (χ3n) is 3.46. The molecule has 1 aliphatic carbocycles. The van der Waals surface area contributed by atoms with E-state index in [4.69, 9.17) is 9.47 Å². The second kappa shape index (κ2) is 5.06. The normalized spacial score (nSPS) is 19.1. The number of rotatable bonds is 6. The highest BCUT2D eigenvalue weighted by Gasteiger charge is 2.39. The highest BCUT2D eigenvalue weighted by Crippen LogP contribution is 2.41. The summed E-state index contributed by atoms with van der Waals surface area (Å²) >= 11 is 0. The minimum Gasteiger partial charge on any atom is -0.493 e. The van der Waals surface area contributed by atoms with E-state index in [1.165, 1.54) is 12.8 Å². The summed E-state index contributed by atoms with van der Waals surface area (Å²) in [4.78, 5) is 0. The number of hydrogen-bond donors (Lipinski definition) is 1. The van der Waals surface area contributed by atoms with Gasteiger partial charge in [-0.05, 0) is 25.8 Å². The fraction of sp³-hybridized carbons (Fsp3) is 0.750. The molecule has 0 aromatic carbocycles. The van der Waals surface area contributed by atoms with Crippen LogP contribution in [0.3, 0.4) is 0 Å². The first-order valence-corrected chi connectivity index (χ1v) is 5.98. The summed E-state index contributed by atoms with van der Waals surface area (Å²) in [5.74, 6) is 1.46. The molecule has 0 amide bonds. The van der Waals surface area contributed by atoms with Crippen molar-refractivity contribution in [3.8, 4) is 5.75 Å². The SMILES string of the molecule is CNC(c1c(OC)cnn1C)C(OC)C1CC1. The van der Waals surface area contributed by atoms with E-state index in [1.807, 2.05) is 18.8 Å². The molecule has 2 unspecified atom stereocenters. The molecule has 0 radical (unpaired) electrons. The van der Waals surface area contributed by atoms with Crippen molar-refractivity contribution >= 4 is 0 Å². The number of nitrogens with zero attached hydrogens (tertiary/aromatic N) is 2. The largest absolute Gasteiger partial charge is 0.493 e. The van der Waals surface area contributed by atoms with Crippen LogP contribution in [0.5, 0.6) is 5.75 Å². The second-order valence-corrected chi connectivity index (χ2v) is 4.53. The Bertz CT molecular complexity index is 374. The highest BCUT2D eigenvalue weighted by atomic mass is 16.5. The maximum Gasteiger partial charge on any atom is 0.161 e. The Kier molecular flexibility index (Phi) is 3.69. The van der Waals surface area contributed by atoms with Crippen molar-refractivity contribution in [2.24, 2.45) is 13.0 Å². The van der Waals surface area contributed by atoms with Crippen LogP contribution >= 0.6 is 0 Å². The maximum atomic E-state index is 5.65. The predicted molar refractivity (Wildman–Crippen MR) is 65.1 cm³/mol. The molecule has 5 nitrogen and oxygen atoms in total. The van der Waals surface area contributed by atoms with Gasteiger partial charge in [-0.15, -0.1) is 0 Å². The van der Waals surface area contributed by atoms with E-state index in [2.05, 4.69) is 10.4 Å². The molecule has 1 aromatic rings. The molecule has 1 aliphatic rings. The van der Waals surface area contributed by atoms with Crippen LogP contribution in [0.1, 0.15) is 24.6 Å². The smallest absolute Gasteiger partial charge is 0.161 e. The average molecular weight is 239 g/mol. The first kappa shape index (κ1) is 12.4. The van der Waals surface area contributed by atoms with Gasteiger partial charge in [-0.25, -0.2) is 0 Å². The number of hydrogen-bond acceptors (Lipinski definition) is 4. The van der Waals surface area contributed by atoms with Gasteiger partial charge in [0.15, 0.2) is 5.75 Å². The van der Waals surface area contributed by atoms with Crippen molar-refractivity contribution in [2.75, 3.05) is 21.3 Å². The summed E-state index contributed by atoms with van der Waals surface area (Å²) in [6, 6.07) is 0.120. The van der Waals surface area contributed by atoms with Gasteiger partial charge in [-0.2, -0.15) is 5.10 Å². The number of nitrogens with one attached hydrogen (secondary N) is 1. The molecule has 96 valence electrons. The maximum absolute atomic E-state index is 5.65. The van der Waals surface area contributed by atoms with Gasteiger partial charge >= 0.3 is 0 Å². The van der Waals surface area contributed by atoms with E-state index in [0.717, 1.165) is 11.4 Å². The summed E-state index contributed by atoms with van der Waals surface area (Å²) < 4.78 is 12.9. The van der Waals surface area contributed by atoms with Crippen LogP contribution in [0.15, 0.2) is 6.20 Å². The van der Waals surface area contributed by atoms with E-state index in [9.17, 15) is 0 Å². The molecule has 0 bridgehead atoms. The Morgan fingerprint density at radius 3 is 2.65 bits per heavy atom. The zero-order valence-electron chi connectivity index (χ0n) is 10.9. The van der Waals surface area contributed by atoms with E-state index in [0.29, 0.717) is 5.92 Å². The molecule has 0 saturated heterocycles. The quantitative estimate of drug-likeness (QED) is 0.808. The third-order valence-corrected chi connectivity index (χ3v) is 3.46. The molecule has 0 aliphatic heterocycles. The third kappa shape index (κ3) is 2.30. The lowest BCUT2D eigenvalue weighted by atomic mass is 10.0. The molecule has 1 fully saturated rings. The lowest BCUT2D eigenvalue weighted by molar-refractivity contribution is 0.0499. The average Bonchev–Trinajstić information content (AvgIpc) is 3.10. The molecule has 1 N–H and O–H groups in total. The molecule has 1 heterocycles. The van der Waals surface area contributed by atoms with Crippen LogP contribution in [-0.4, -0.2) is 37.2 Å². The zero-order valence-corrected chi connectivity index (χ0v) is 10.9. The van der Waals surface area contributed by atoms with Crippen molar-refractivity contribution in [1.82, 2.24) is 15.1 Å². The molecule has 1 saturated carbocycles. The number of methoxy groups -OCH3 is 2. The summed E-state index contributed by atoms with van der Waals surface area (Å²) in [5, 5.41) is 7.58. The van der Waals surface area contributed by atoms with E-state index in [-0.39, 0.29) is 12.1 Å². The molecular formula is C12H21N3O2. The van der Waals surface area contributed by atoms with Crippen LogP contribution in [0.25, 0.3) is 0 Å². The zero-order chi connectivity index (χ0) is 12.4. The number of aryl methyl sites for hydroxylation is 1. The Morgan fingerprint density at radius 1 is 1.47 bits per heavy atom. The standard InChI is InChI=1S/C12H21N3O2/c1-13-10(12(17-4)8-5-6-8)11-9(16-3)7-14-15(11)2/h7-8,10,12-13H,5-6H2,1-4H3. The lowest BCUT2D eigenvalue weighted by Gasteiger charge is -2.26. The van der Waals surface area contributed by atoms with Gasteiger partial charge < -0.3 is 14.8 Å². The Morgan fingerprint density at radius 2 is 2.18 bits per heavy atom. The molecule has 1 aromatic heterocycles. The Balaban J connectivity index is 2.29. The number of aromatic nitrogens is 2. The van der Waals surface area contributed by atoms with E-state index >= 15 is 0 Å². The van der Waals surface area contributed by atoms with Crippen LogP contribution in [0, 0.1) is 5.92 Å². The summed E-state index contributed by atoms with van der Waals surface area (Å²) in [5.41, 5.74) is 1.05. The van der Waals surface area contributed by atoms with Gasteiger partial charge in [0.2, 0.25) is 0 Å². The summed E-state index contributed by atoms with van der Waals surface area (Å²) in [7, 11) is 7.33. The van der Waals surface area contributed by atoms with Gasteiger partial charge in [0, 0.05) is 14.2 Å². The Labute approximate surface area is 102 Å². The topological polar surface area (TPSA) is 48.3 Å². The number of ether oxygens (including phenoxy) is 2. The Hall–Kier alpha value is -1.07. The first-order chi connectivity index (χ1) is 8.22. The first-order valence-electron chi connectivity index (χ1n) is 5.98. The molecule has 0 spiro atoms. The van der Waals surface area contributed by atoms with Gasteiger partial charge in [-0.1, -0.05) is 0 Å². The molecule has 17 heavy (non-hydrogen) atoms. The monoisotopic (exact) mass is 239 g/mol. The van der Waals surface area contributed by atoms with Crippen molar-refractivity contribution < 1.29 is 9.47 Å². The van der Waals surface area contributed by atoms with Crippen molar-refractivity contribution in [1.29, 1.82) is 0 Å². The lowest BCUT2D eigenvalue weighted by Crippen LogP contribution is -2.34. The molecular weight excluding hydrogens is 218 g/mol. The predicted octanol–water partition coefficient (Wildman–Crippen LogP) is 1.11. The van der Waals surface area contributed by atoms with Gasteiger partial charge in [-0.3, -0.25) is 4.68 Å². The molecule has 5 heteroatoms. The van der Waals surface area contributed by atoms with Crippen LogP contribution < -0.4 is 10.1 Å². The molecule has 2 rings (SSSR count). The van der Waals surface area contributed by atoms with Crippen LogP contribution in [-0.2, 0) is 11.8 Å². The van der Waals surface area contributed by atoms with Crippen LogP contribution in [0.2, 0.25) is 0 Å². The fourth-order valence-electron chi connectivity index (χ4n) is 2.42. The summed E-state index contributed by atoms with van der Waals surface area (Å²) in [6.07, 6.45) is 4.43. The van der Waals surface area contributed by atoms with Crippen molar-refractivity contribution in [3.05, 3.63) is 11.9 Å². The molecule has 2 atom stereocenters. The van der Waals surface area contributed by atoms with Gasteiger partial charge in [0.1, 0.15) is 0 Å². The van der Waals surface area contributed by atoms with E-state index in [1.54, 1.807) is 20.4 Å². The van der Waals surface area contributed by atoms with Gasteiger partial charge in [0.25, 0.3) is 0 Å². The minimum absolute atomic E-state index is 0.120. The highest BCUT2D eigenvalue weighted by molar-refractivity contribution is 5.29. The second-order valence-electron chi connectivity index (χ2n) is 4.53. The summed E-state index contributed by atoms with van der Waals surface area (Å²) in [6.45, 7) is 0. The van der Waals surface area contributed by atoms with E-state index < -0.39 is 0 Å². The van der Waals surface area contributed by atoms with Crippen LogP contribution in [0.4, 0.5) is 0 Å².